The van der Waals surface area contributed by atoms with Gasteiger partial charge in [0.1, 0.15) is 10.6 Å². The molecule has 0 aliphatic carbocycles. The summed E-state index contributed by atoms with van der Waals surface area (Å²) in [4.78, 5) is 31.4. The van der Waals surface area contributed by atoms with E-state index in [1.807, 2.05) is 61.2 Å². The number of halogens is 1. The highest BCUT2D eigenvalue weighted by molar-refractivity contribution is 9.10. The minimum atomic E-state index is -0.282. The maximum absolute atomic E-state index is 13.4. The summed E-state index contributed by atoms with van der Waals surface area (Å²) in [5.74, 6) is -0.557. The van der Waals surface area contributed by atoms with E-state index in [1.165, 1.54) is 16.7 Å². The standard InChI is InChI=1S/C22H21BrN2O3S/c1-14-12-24(13-15(2)28-14)19-20(29-18-10-8-16(23)9-11-18)22(27)25(21(19)26)17-6-4-3-5-7-17/h3-11,14-15H,12-13H2,1-2H3. The van der Waals surface area contributed by atoms with E-state index >= 15 is 0 Å². The lowest BCUT2D eigenvalue weighted by Gasteiger charge is -2.37. The number of hydrogen-bond acceptors (Lipinski definition) is 5. The summed E-state index contributed by atoms with van der Waals surface area (Å²) in [7, 11) is 0. The average molecular weight is 473 g/mol. The zero-order valence-electron chi connectivity index (χ0n) is 16.2. The van der Waals surface area contributed by atoms with Gasteiger partial charge in [-0.1, -0.05) is 45.9 Å². The SMILES string of the molecule is CC1CN(C2=C(Sc3ccc(Br)cc3)C(=O)N(c3ccccc3)C2=O)CC(C)O1. The molecule has 2 aromatic carbocycles. The number of benzene rings is 2. The molecule has 2 aromatic rings. The van der Waals surface area contributed by atoms with Crippen molar-refractivity contribution in [3.63, 3.8) is 0 Å². The number of hydrogen-bond donors (Lipinski definition) is 0. The van der Waals surface area contributed by atoms with Gasteiger partial charge in [-0.15, -0.1) is 0 Å². The van der Waals surface area contributed by atoms with Crippen LogP contribution in [0.1, 0.15) is 13.8 Å². The van der Waals surface area contributed by atoms with Gasteiger partial charge in [-0.2, -0.15) is 0 Å². The molecule has 0 radical (unpaired) electrons. The third-order valence-corrected chi connectivity index (χ3v) is 6.41. The molecule has 2 unspecified atom stereocenters. The molecule has 0 saturated carbocycles. The Balaban J connectivity index is 1.75. The molecular weight excluding hydrogens is 452 g/mol. The Morgan fingerprint density at radius 1 is 0.931 bits per heavy atom. The number of amides is 2. The van der Waals surface area contributed by atoms with Crippen LogP contribution in [0.15, 0.2) is 74.6 Å². The van der Waals surface area contributed by atoms with Crippen molar-refractivity contribution in [3.8, 4) is 0 Å². The van der Waals surface area contributed by atoms with E-state index < -0.39 is 0 Å². The number of morpholine rings is 1. The van der Waals surface area contributed by atoms with Crippen LogP contribution in [-0.4, -0.2) is 42.0 Å². The molecule has 2 atom stereocenters. The summed E-state index contributed by atoms with van der Waals surface area (Å²) >= 11 is 4.77. The number of carbonyl (C=O) groups is 2. The summed E-state index contributed by atoms with van der Waals surface area (Å²) < 4.78 is 6.79. The summed E-state index contributed by atoms with van der Waals surface area (Å²) in [6, 6.07) is 16.8. The van der Waals surface area contributed by atoms with Crippen molar-refractivity contribution in [2.24, 2.45) is 0 Å². The highest BCUT2D eigenvalue weighted by Crippen LogP contribution is 2.39. The number of para-hydroxylation sites is 1. The number of carbonyl (C=O) groups excluding carboxylic acids is 2. The summed E-state index contributed by atoms with van der Waals surface area (Å²) in [6.07, 6.45) is -0.0299. The van der Waals surface area contributed by atoms with Crippen molar-refractivity contribution < 1.29 is 14.3 Å². The molecule has 5 nitrogen and oxygen atoms in total. The van der Waals surface area contributed by atoms with Gasteiger partial charge in [0.15, 0.2) is 0 Å². The molecule has 2 aliphatic rings. The lowest BCUT2D eigenvalue weighted by Crippen LogP contribution is -2.47. The minimum Gasteiger partial charge on any atom is -0.372 e. The first-order valence-electron chi connectivity index (χ1n) is 9.46. The molecule has 0 bridgehead atoms. The molecule has 2 aliphatic heterocycles. The molecule has 7 heteroatoms. The number of ether oxygens (including phenoxy) is 1. The lowest BCUT2D eigenvalue weighted by molar-refractivity contribution is -0.121. The van der Waals surface area contributed by atoms with Crippen molar-refractivity contribution in [1.82, 2.24) is 4.90 Å². The number of imide groups is 1. The van der Waals surface area contributed by atoms with Gasteiger partial charge in [0, 0.05) is 22.5 Å². The summed E-state index contributed by atoms with van der Waals surface area (Å²) in [6.45, 7) is 5.12. The molecule has 0 spiro atoms. The first-order valence-corrected chi connectivity index (χ1v) is 11.1. The first-order chi connectivity index (χ1) is 13.9. The van der Waals surface area contributed by atoms with Crippen LogP contribution in [0, 0.1) is 0 Å². The van der Waals surface area contributed by atoms with Gasteiger partial charge in [-0.25, -0.2) is 4.90 Å². The van der Waals surface area contributed by atoms with Crippen LogP contribution in [0.25, 0.3) is 0 Å². The maximum Gasteiger partial charge on any atom is 0.283 e. The molecule has 29 heavy (non-hydrogen) atoms. The Bertz CT molecular complexity index is 952. The van der Waals surface area contributed by atoms with E-state index in [4.69, 9.17) is 4.74 Å². The summed E-state index contributed by atoms with van der Waals surface area (Å²) in [5.41, 5.74) is 1.05. The molecule has 2 heterocycles. The van der Waals surface area contributed by atoms with E-state index in [9.17, 15) is 9.59 Å². The Morgan fingerprint density at radius 2 is 1.55 bits per heavy atom. The third-order valence-electron chi connectivity index (χ3n) is 4.80. The largest absolute Gasteiger partial charge is 0.372 e. The van der Waals surface area contributed by atoms with Crippen molar-refractivity contribution >= 4 is 45.2 Å². The normalized spacial score (nSPS) is 22.6. The topological polar surface area (TPSA) is 49.9 Å². The van der Waals surface area contributed by atoms with Crippen LogP contribution in [-0.2, 0) is 14.3 Å². The Labute approximate surface area is 182 Å². The second kappa shape index (κ2) is 8.34. The number of nitrogens with zero attached hydrogens (tertiary/aromatic N) is 2. The first kappa shape index (κ1) is 20.2. The molecule has 4 rings (SSSR count). The fourth-order valence-corrected chi connectivity index (χ4v) is 4.93. The zero-order chi connectivity index (χ0) is 20.5. The number of rotatable bonds is 4. The number of anilines is 1. The Morgan fingerprint density at radius 3 is 2.17 bits per heavy atom. The monoisotopic (exact) mass is 472 g/mol. The van der Waals surface area contributed by atoms with Crippen LogP contribution in [0.3, 0.4) is 0 Å². The van der Waals surface area contributed by atoms with E-state index in [2.05, 4.69) is 15.9 Å². The van der Waals surface area contributed by atoms with Crippen LogP contribution >= 0.6 is 27.7 Å². The van der Waals surface area contributed by atoms with Crippen molar-refractivity contribution in [2.45, 2.75) is 31.0 Å². The molecule has 0 N–H and O–H groups in total. The molecular formula is C22H21BrN2O3S. The zero-order valence-corrected chi connectivity index (χ0v) is 18.6. The lowest BCUT2D eigenvalue weighted by atomic mass is 10.2. The van der Waals surface area contributed by atoms with Gasteiger partial charge in [0.25, 0.3) is 11.8 Å². The predicted molar refractivity (Wildman–Crippen MR) is 118 cm³/mol. The van der Waals surface area contributed by atoms with Crippen molar-refractivity contribution in [2.75, 3.05) is 18.0 Å². The van der Waals surface area contributed by atoms with Gasteiger partial charge < -0.3 is 9.64 Å². The van der Waals surface area contributed by atoms with Crippen LogP contribution < -0.4 is 4.90 Å². The van der Waals surface area contributed by atoms with E-state index in [1.54, 1.807) is 12.1 Å². The van der Waals surface area contributed by atoms with E-state index in [0.29, 0.717) is 29.4 Å². The smallest absolute Gasteiger partial charge is 0.283 e. The average Bonchev–Trinajstić information content (AvgIpc) is 2.93. The summed E-state index contributed by atoms with van der Waals surface area (Å²) in [5, 5.41) is 0. The second-order valence-corrected chi connectivity index (χ2v) is 9.18. The van der Waals surface area contributed by atoms with Gasteiger partial charge in [0.2, 0.25) is 0 Å². The van der Waals surface area contributed by atoms with E-state index in [-0.39, 0.29) is 24.0 Å². The van der Waals surface area contributed by atoms with Crippen molar-refractivity contribution in [1.29, 1.82) is 0 Å². The van der Waals surface area contributed by atoms with Gasteiger partial charge in [0.05, 0.1) is 17.9 Å². The quantitative estimate of drug-likeness (QED) is 0.615. The maximum atomic E-state index is 13.4. The fraction of sp³-hybridized carbons (Fsp3) is 0.273. The second-order valence-electron chi connectivity index (χ2n) is 7.18. The van der Waals surface area contributed by atoms with Gasteiger partial charge >= 0.3 is 0 Å². The Hall–Kier alpha value is -2.09. The number of thioether (sulfide) groups is 1. The third kappa shape index (κ3) is 4.13. The molecule has 2 amide bonds. The van der Waals surface area contributed by atoms with Crippen LogP contribution in [0.4, 0.5) is 5.69 Å². The van der Waals surface area contributed by atoms with Crippen LogP contribution in [0.2, 0.25) is 0 Å². The molecule has 1 saturated heterocycles. The Kier molecular flexibility index (Phi) is 5.81. The van der Waals surface area contributed by atoms with Gasteiger partial charge in [-0.05, 0) is 50.2 Å². The molecule has 1 fully saturated rings. The van der Waals surface area contributed by atoms with E-state index in [0.717, 1.165) is 9.37 Å². The van der Waals surface area contributed by atoms with Gasteiger partial charge in [-0.3, -0.25) is 9.59 Å². The molecule has 150 valence electrons. The molecule has 0 aromatic heterocycles. The predicted octanol–water partition coefficient (Wildman–Crippen LogP) is 4.44. The fourth-order valence-electron chi connectivity index (χ4n) is 3.66. The minimum absolute atomic E-state index is 0.0149. The highest BCUT2D eigenvalue weighted by atomic mass is 79.9. The van der Waals surface area contributed by atoms with Crippen molar-refractivity contribution in [3.05, 3.63) is 69.7 Å². The highest BCUT2D eigenvalue weighted by Gasteiger charge is 2.43. The van der Waals surface area contributed by atoms with Crippen LogP contribution in [0.5, 0.6) is 0 Å².